The molecule has 0 aromatic heterocycles. The molecule has 0 aliphatic carbocycles. The Morgan fingerprint density at radius 3 is 2.42 bits per heavy atom. The Labute approximate surface area is 153 Å². The fourth-order valence-electron chi connectivity index (χ4n) is 2.16. The van der Waals surface area contributed by atoms with Crippen molar-refractivity contribution in [3.63, 3.8) is 0 Å². The molecule has 0 fully saturated rings. The molecule has 2 aromatic carbocycles. The van der Waals surface area contributed by atoms with Crippen LogP contribution in [0.25, 0.3) is 0 Å². The number of amides is 1. The number of carbonyl (C=O) groups is 1. The van der Waals surface area contributed by atoms with E-state index in [0.717, 1.165) is 11.3 Å². The van der Waals surface area contributed by atoms with Gasteiger partial charge < -0.3 is 15.8 Å². The van der Waals surface area contributed by atoms with Crippen LogP contribution in [0.1, 0.15) is 18.5 Å². The highest BCUT2D eigenvalue weighted by atomic mass is 35.5. The number of hydrogen-bond donors (Lipinski definition) is 2. The van der Waals surface area contributed by atoms with Crippen LogP contribution in [0.2, 0.25) is 5.02 Å². The molecule has 1 amide bonds. The van der Waals surface area contributed by atoms with Gasteiger partial charge in [0.15, 0.2) is 0 Å². The first kappa shape index (κ1) is 20.3. The Balaban J connectivity index is 0.00000288. The minimum Gasteiger partial charge on any atom is -0.492 e. The van der Waals surface area contributed by atoms with Crippen molar-refractivity contribution < 1.29 is 9.53 Å². The lowest BCUT2D eigenvalue weighted by Crippen LogP contribution is -2.37. The number of benzene rings is 2. The zero-order valence-corrected chi connectivity index (χ0v) is 15.0. The minimum atomic E-state index is -0.326. The van der Waals surface area contributed by atoms with Crippen molar-refractivity contribution >= 4 is 29.9 Å². The highest BCUT2D eigenvalue weighted by Crippen LogP contribution is 2.19. The zero-order chi connectivity index (χ0) is 16.7. The van der Waals surface area contributed by atoms with Gasteiger partial charge in [-0.1, -0.05) is 48.9 Å². The van der Waals surface area contributed by atoms with Crippen LogP contribution in [0.4, 0.5) is 0 Å². The van der Waals surface area contributed by atoms with Crippen LogP contribution in [0.5, 0.6) is 5.75 Å². The molecule has 3 N–H and O–H groups in total. The first-order valence-corrected chi connectivity index (χ1v) is 7.92. The quantitative estimate of drug-likeness (QED) is 0.733. The van der Waals surface area contributed by atoms with Gasteiger partial charge in [0.25, 0.3) is 0 Å². The Kier molecular flexibility index (Phi) is 8.61. The summed E-state index contributed by atoms with van der Waals surface area (Å²) >= 11 is 5.81. The molecule has 2 aromatic rings. The molecule has 0 heterocycles. The minimum absolute atomic E-state index is 0. The van der Waals surface area contributed by atoms with Gasteiger partial charge in [0.2, 0.25) is 5.91 Å². The fraction of sp³-hybridized carbons (Fsp3) is 0.278. The highest BCUT2D eigenvalue weighted by Gasteiger charge is 2.21. The van der Waals surface area contributed by atoms with Gasteiger partial charge in [0.1, 0.15) is 12.4 Å². The molecule has 24 heavy (non-hydrogen) atoms. The van der Waals surface area contributed by atoms with Crippen molar-refractivity contribution in [3.05, 3.63) is 65.2 Å². The van der Waals surface area contributed by atoms with Crippen LogP contribution in [0.15, 0.2) is 54.6 Å². The molecule has 6 heteroatoms. The maximum absolute atomic E-state index is 12.1. The fourth-order valence-corrected chi connectivity index (χ4v) is 2.29. The normalized spacial score (nSPS) is 12.6. The average molecular weight is 369 g/mol. The number of rotatable bonds is 7. The molecule has 0 bridgehead atoms. The van der Waals surface area contributed by atoms with Crippen molar-refractivity contribution in [1.82, 2.24) is 5.32 Å². The Morgan fingerprint density at radius 2 is 1.79 bits per heavy atom. The molecule has 0 radical (unpaired) electrons. The monoisotopic (exact) mass is 368 g/mol. The second kappa shape index (κ2) is 10.2. The number of nitrogens with two attached hydrogens (primary N) is 1. The van der Waals surface area contributed by atoms with E-state index in [1.165, 1.54) is 0 Å². The molecule has 2 unspecified atom stereocenters. The van der Waals surface area contributed by atoms with E-state index >= 15 is 0 Å². The number of halogens is 2. The smallest absolute Gasteiger partial charge is 0.224 e. The van der Waals surface area contributed by atoms with E-state index in [-0.39, 0.29) is 30.3 Å². The molecular formula is C18H22Cl2N2O2. The summed E-state index contributed by atoms with van der Waals surface area (Å²) in [5.41, 5.74) is 7.10. The molecule has 0 aliphatic heterocycles. The molecule has 0 saturated heterocycles. The van der Waals surface area contributed by atoms with Crippen molar-refractivity contribution in [2.45, 2.75) is 13.0 Å². The summed E-state index contributed by atoms with van der Waals surface area (Å²) in [7, 11) is 0. The molecule has 0 aliphatic rings. The van der Waals surface area contributed by atoms with Crippen LogP contribution in [-0.2, 0) is 4.79 Å². The van der Waals surface area contributed by atoms with Crippen LogP contribution < -0.4 is 15.8 Å². The Morgan fingerprint density at radius 1 is 1.17 bits per heavy atom. The summed E-state index contributed by atoms with van der Waals surface area (Å²) in [6.45, 7) is 2.64. The molecule has 2 atom stereocenters. The van der Waals surface area contributed by atoms with Crippen LogP contribution in [0.3, 0.4) is 0 Å². The summed E-state index contributed by atoms with van der Waals surface area (Å²) in [5.74, 6) is 0.326. The summed E-state index contributed by atoms with van der Waals surface area (Å²) in [6, 6.07) is 16.4. The Bertz CT molecular complexity index is 621. The van der Waals surface area contributed by atoms with E-state index in [1.807, 2.05) is 37.3 Å². The first-order chi connectivity index (χ1) is 11.1. The van der Waals surface area contributed by atoms with Crippen LogP contribution >= 0.6 is 24.0 Å². The van der Waals surface area contributed by atoms with Gasteiger partial charge in [-0.25, -0.2) is 0 Å². The third kappa shape index (κ3) is 6.04. The van der Waals surface area contributed by atoms with Gasteiger partial charge in [-0.05, 0) is 29.8 Å². The number of nitrogens with one attached hydrogen (secondary N) is 1. The van der Waals surface area contributed by atoms with Crippen molar-refractivity contribution in [3.8, 4) is 5.75 Å². The number of carbonyl (C=O) groups excluding carboxylic acids is 1. The van der Waals surface area contributed by atoms with Gasteiger partial charge in [-0.3, -0.25) is 4.79 Å². The zero-order valence-electron chi connectivity index (χ0n) is 13.4. The largest absolute Gasteiger partial charge is 0.492 e. The molecule has 130 valence electrons. The Hall–Kier alpha value is -1.75. The summed E-state index contributed by atoms with van der Waals surface area (Å²) in [6.07, 6.45) is 0. The molecule has 0 saturated carbocycles. The lowest BCUT2D eigenvalue weighted by Gasteiger charge is -2.19. The third-order valence-corrected chi connectivity index (χ3v) is 3.87. The topological polar surface area (TPSA) is 64.3 Å². The van der Waals surface area contributed by atoms with Crippen LogP contribution in [0, 0.1) is 5.92 Å². The molecule has 4 nitrogen and oxygen atoms in total. The van der Waals surface area contributed by atoms with E-state index in [4.69, 9.17) is 22.1 Å². The maximum Gasteiger partial charge on any atom is 0.224 e. The lowest BCUT2D eigenvalue weighted by atomic mass is 9.95. The summed E-state index contributed by atoms with van der Waals surface area (Å²) in [5, 5.41) is 3.51. The number of hydrogen-bond acceptors (Lipinski definition) is 3. The van der Waals surface area contributed by atoms with E-state index in [1.54, 1.807) is 24.3 Å². The van der Waals surface area contributed by atoms with E-state index < -0.39 is 0 Å². The van der Waals surface area contributed by atoms with Crippen molar-refractivity contribution in [2.24, 2.45) is 11.7 Å². The molecule has 2 rings (SSSR count). The predicted octanol–water partition coefficient (Wildman–Crippen LogP) is 3.59. The maximum atomic E-state index is 12.1. The van der Waals surface area contributed by atoms with Gasteiger partial charge in [0, 0.05) is 11.1 Å². The average Bonchev–Trinajstić information content (AvgIpc) is 2.59. The van der Waals surface area contributed by atoms with Gasteiger partial charge >= 0.3 is 0 Å². The van der Waals surface area contributed by atoms with Crippen LogP contribution in [-0.4, -0.2) is 19.1 Å². The first-order valence-electron chi connectivity index (χ1n) is 7.54. The predicted molar refractivity (Wildman–Crippen MR) is 99.7 cm³/mol. The van der Waals surface area contributed by atoms with Gasteiger partial charge in [-0.2, -0.15) is 0 Å². The summed E-state index contributed by atoms with van der Waals surface area (Å²) < 4.78 is 5.53. The van der Waals surface area contributed by atoms with E-state index in [9.17, 15) is 4.79 Å². The van der Waals surface area contributed by atoms with Crippen molar-refractivity contribution in [2.75, 3.05) is 13.2 Å². The van der Waals surface area contributed by atoms with E-state index in [0.29, 0.717) is 18.2 Å². The van der Waals surface area contributed by atoms with Crippen molar-refractivity contribution in [1.29, 1.82) is 0 Å². The molecule has 0 spiro atoms. The number of ether oxygens (including phenoxy) is 1. The SMILES string of the molecule is CC(C(=O)NCCOc1ccc(Cl)cc1)C(N)c1ccccc1.Cl. The standard InChI is InChI=1S/C18H21ClN2O2.ClH/c1-13(17(20)14-5-3-2-4-6-14)18(22)21-11-12-23-16-9-7-15(19)8-10-16;/h2-10,13,17H,11-12,20H2,1H3,(H,21,22);1H. The molecular weight excluding hydrogens is 347 g/mol. The van der Waals surface area contributed by atoms with Gasteiger partial charge in [-0.15, -0.1) is 12.4 Å². The lowest BCUT2D eigenvalue weighted by molar-refractivity contribution is -0.125. The second-order valence-corrected chi connectivity index (χ2v) is 5.75. The summed E-state index contributed by atoms with van der Waals surface area (Å²) in [4.78, 5) is 12.1. The third-order valence-electron chi connectivity index (χ3n) is 3.62. The van der Waals surface area contributed by atoms with Gasteiger partial charge in [0.05, 0.1) is 12.5 Å². The van der Waals surface area contributed by atoms with E-state index in [2.05, 4.69) is 5.32 Å². The second-order valence-electron chi connectivity index (χ2n) is 5.32. The highest BCUT2D eigenvalue weighted by molar-refractivity contribution is 6.30.